The number of nitrogens with one attached hydrogen (secondary N) is 1. The van der Waals surface area contributed by atoms with Crippen LogP contribution in [0.3, 0.4) is 0 Å². The van der Waals surface area contributed by atoms with Crippen molar-refractivity contribution in [2.75, 3.05) is 13.2 Å². The van der Waals surface area contributed by atoms with Crippen molar-refractivity contribution < 1.29 is 14.7 Å². The summed E-state index contributed by atoms with van der Waals surface area (Å²) in [5, 5.41) is 12.8. The highest BCUT2D eigenvalue weighted by Crippen LogP contribution is 2.30. The van der Waals surface area contributed by atoms with Gasteiger partial charge in [-0.3, -0.25) is 14.6 Å². The van der Waals surface area contributed by atoms with E-state index in [1.807, 2.05) is 31.2 Å². The average Bonchev–Trinajstić information content (AvgIpc) is 3.08. The molecule has 3 aromatic rings. The second-order valence-corrected chi connectivity index (χ2v) is 8.18. The van der Waals surface area contributed by atoms with Crippen molar-refractivity contribution in [2.45, 2.75) is 19.5 Å². The van der Waals surface area contributed by atoms with E-state index in [1.54, 1.807) is 12.3 Å². The Bertz CT molecular complexity index is 1200. The Kier molecular flexibility index (Phi) is 6.36. The van der Waals surface area contributed by atoms with E-state index in [4.69, 9.17) is 23.2 Å². The van der Waals surface area contributed by atoms with Gasteiger partial charge in [0.05, 0.1) is 47.4 Å². The predicted molar refractivity (Wildman–Crippen MR) is 119 cm³/mol. The van der Waals surface area contributed by atoms with E-state index in [0.717, 1.165) is 11.1 Å². The summed E-state index contributed by atoms with van der Waals surface area (Å²) in [4.78, 5) is 39.2. The third kappa shape index (κ3) is 4.57. The highest BCUT2D eigenvalue weighted by Gasteiger charge is 2.31. The van der Waals surface area contributed by atoms with Crippen molar-refractivity contribution in [3.63, 3.8) is 0 Å². The maximum Gasteiger partial charge on any atom is 0.256 e. The lowest BCUT2D eigenvalue weighted by Crippen LogP contribution is -2.40. The molecule has 0 saturated carbocycles. The number of halogens is 2. The topological polar surface area (TPSA) is 108 Å². The van der Waals surface area contributed by atoms with Crippen LogP contribution in [0.2, 0.25) is 10.3 Å². The molecule has 8 nitrogen and oxygen atoms in total. The van der Waals surface area contributed by atoms with E-state index in [9.17, 15) is 14.7 Å². The monoisotopic (exact) mass is 471 g/mol. The van der Waals surface area contributed by atoms with Crippen LogP contribution in [-0.2, 0) is 11.3 Å². The number of pyridine rings is 1. The number of aryl methyl sites for hydroxylation is 1. The van der Waals surface area contributed by atoms with Crippen molar-refractivity contribution >= 4 is 35.0 Å². The molecule has 2 N–H and O–H groups in total. The van der Waals surface area contributed by atoms with Crippen LogP contribution in [0.15, 0.2) is 42.7 Å². The van der Waals surface area contributed by atoms with Crippen molar-refractivity contribution in [3.8, 4) is 11.3 Å². The Hall–Kier alpha value is -3.07. The first-order chi connectivity index (χ1) is 15.4. The van der Waals surface area contributed by atoms with Crippen molar-refractivity contribution in [2.24, 2.45) is 0 Å². The van der Waals surface area contributed by atoms with Gasteiger partial charge in [-0.05, 0) is 30.2 Å². The number of amides is 2. The molecule has 32 heavy (non-hydrogen) atoms. The van der Waals surface area contributed by atoms with Crippen molar-refractivity contribution in [1.82, 2.24) is 25.2 Å². The smallest absolute Gasteiger partial charge is 0.256 e. The molecule has 0 radical (unpaired) electrons. The predicted octanol–water partition coefficient (Wildman–Crippen LogP) is 2.96. The number of rotatable bonds is 6. The number of carbonyl (C=O) groups is 2. The highest BCUT2D eigenvalue weighted by atomic mass is 35.5. The van der Waals surface area contributed by atoms with Gasteiger partial charge in [0.2, 0.25) is 11.2 Å². The Morgan fingerprint density at radius 1 is 1.25 bits per heavy atom. The minimum absolute atomic E-state index is 0.0292. The summed E-state index contributed by atoms with van der Waals surface area (Å²) in [6.45, 7) is 1.72. The summed E-state index contributed by atoms with van der Waals surface area (Å²) in [6.07, 6.45) is 2.93. The number of carbonyl (C=O) groups excluding carboxylic acids is 2. The molecule has 0 bridgehead atoms. The van der Waals surface area contributed by atoms with Crippen LogP contribution in [0.1, 0.15) is 33.2 Å². The summed E-state index contributed by atoms with van der Waals surface area (Å²) in [6, 6.07) is 8.60. The summed E-state index contributed by atoms with van der Waals surface area (Å²) < 4.78 is 0. The molecule has 0 unspecified atom stereocenters. The Labute approximate surface area is 194 Å². The maximum atomic E-state index is 12.9. The molecule has 0 saturated heterocycles. The molecule has 0 spiro atoms. The minimum Gasteiger partial charge on any atom is -0.394 e. The molecule has 1 aliphatic rings. The Morgan fingerprint density at radius 3 is 2.81 bits per heavy atom. The summed E-state index contributed by atoms with van der Waals surface area (Å²) >= 11 is 12.0. The SMILES string of the molecule is Cc1cccc([C@@H](CO)NC(=O)CN2Cc3ncc(-c4nc(Cl)ncc4Cl)cc3C2=O)c1. The van der Waals surface area contributed by atoms with Crippen LogP contribution < -0.4 is 5.32 Å². The van der Waals surface area contributed by atoms with Crippen LogP contribution in [-0.4, -0.2) is 49.9 Å². The van der Waals surface area contributed by atoms with E-state index < -0.39 is 6.04 Å². The van der Waals surface area contributed by atoms with Crippen LogP contribution in [0.5, 0.6) is 0 Å². The van der Waals surface area contributed by atoms with Crippen LogP contribution in [0, 0.1) is 6.92 Å². The van der Waals surface area contributed by atoms with Gasteiger partial charge in [-0.1, -0.05) is 41.4 Å². The minimum atomic E-state index is -0.558. The van der Waals surface area contributed by atoms with E-state index >= 15 is 0 Å². The molecule has 1 atom stereocenters. The molecule has 164 valence electrons. The lowest BCUT2D eigenvalue weighted by atomic mass is 10.1. The number of aliphatic hydroxyl groups excluding tert-OH is 1. The first kappa shape index (κ1) is 22.1. The van der Waals surface area contributed by atoms with E-state index in [0.29, 0.717) is 22.5 Å². The fraction of sp³-hybridized carbons (Fsp3) is 0.227. The number of hydrogen-bond donors (Lipinski definition) is 2. The third-order valence-corrected chi connectivity index (χ3v) is 5.57. The maximum absolute atomic E-state index is 12.9. The normalized spacial score (nSPS) is 13.8. The molecule has 1 aromatic carbocycles. The molecular formula is C22H19Cl2N5O3. The summed E-state index contributed by atoms with van der Waals surface area (Å²) in [7, 11) is 0. The lowest BCUT2D eigenvalue weighted by Gasteiger charge is -2.20. The molecule has 0 fully saturated rings. The second-order valence-electron chi connectivity index (χ2n) is 7.43. The molecule has 1 aliphatic heterocycles. The van der Waals surface area contributed by atoms with Gasteiger partial charge < -0.3 is 15.3 Å². The van der Waals surface area contributed by atoms with Gasteiger partial charge in [-0.2, -0.15) is 0 Å². The number of nitrogens with zero attached hydrogens (tertiary/aromatic N) is 4. The van der Waals surface area contributed by atoms with Gasteiger partial charge in [-0.25, -0.2) is 9.97 Å². The van der Waals surface area contributed by atoms with Crippen LogP contribution in [0.4, 0.5) is 0 Å². The number of aromatic nitrogens is 3. The molecule has 4 rings (SSSR count). The number of fused-ring (bicyclic) bond motifs is 1. The molecule has 10 heteroatoms. The number of hydrogen-bond acceptors (Lipinski definition) is 6. The fourth-order valence-corrected chi connectivity index (χ4v) is 3.90. The number of aliphatic hydroxyl groups is 1. The van der Waals surface area contributed by atoms with Crippen molar-refractivity contribution in [1.29, 1.82) is 0 Å². The van der Waals surface area contributed by atoms with Gasteiger partial charge in [-0.15, -0.1) is 0 Å². The summed E-state index contributed by atoms with van der Waals surface area (Å²) in [5.74, 6) is -0.700. The first-order valence-corrected chi connectivity index (χ1v) is 10.5. The van der Waals surface area contributed by atoms with E-state index in [1.165, 1.54) is 11.1 Å². The van der Waals surface area contributed by atoms with E-state index in [-0.39, 0.29) is 41.8 Å². The van der Waals surface area contributed by atoms with Gasteiger partial charge in [0.15, 0.2) is 0 Å². The molecular weight excluding hydrogens is 453 g/mol. The Morgan fingerprint density at radius 2 is 2.06 bits per heavy atom. The molecule has 0 aliphatic carbocycles. The lowest BCUT2D eigenvalue weighted by molar-refractivity contribution is -0.122. The van der Waals surface area contributed by atoms with E-state index in [2.05, 4.69) is 20.3 Å². The standard InChI is InChI=1S/C22H19Cl2N5O3/c1-12-3-2-4-13(5-12)18(11-30)27-19(31)10-29-9-17-15(21(29)32)6-14(7-25-17)20-16(23)8-26-22(24)28-20/h2-8,18,30H,9-11H2,1H3,(H,27,31)/t18-/m1/s1. The van der Waals surface area contributed by atoms with Gasteiger partial charge in [0.1, 0.15) is 6.54 Å². The Balaban J connectivity index is 1.48. The molecule has 3 heterocycles. The average molecular weight is 472 g/mol. The van der Waals surface area contributed by atoms with Crippen LogP contribution in [0.25, 0.3) is 11.3 Å². The van der Waals surface area contributed by atoms with Gasteiger partial charge in [0.25, 0.3) is 5.91 Å². The largest absolute Gasteiger partial charge is 0.394 e. The van der Waals surface area contributed by atoms with Gasteiger partial charge >= 0.3 is 0 Å². The first-order valence-electron chi connectivity index (χ1n) is 9.79. The van der Waals surface area contributed by atoms with Crippen LogP contribution >= 0.6 is 23.2 Å². The second kappa shape index (κ2) is 9.20. The quantitative estimate of drug-likeness (QED) is 0.535. The number of benzene rings is 1. The molecule has 2 aromatic heterocycles. The zero-order valence-corrected chi connectivity index (χ0v) is 18.6. The van der Waals surface area contributed by atoms with Gasteiger partial charge in [0, 0.05) is 11.8 Å². The van der Waals surface area contributed by atoms with Crippen molar-refractivity contribution in [3.05, 3.63) is 75.4 Å². The third-order valence-electron chi connectivity index (χ3n) is 5.11. The zero-order valence-electron chi connectivity index (χ0n) is 17.0. The fourth-order valence-electron chi connectivity index (χ4n) is 3.57. The zero-order chi connectivity index (χ0) is 22.8. The summed E-state index contributed by atoms with van der Waals surface area (Å²) in [5.41, 5.74) is 3.64. The molecule has 2 amide bonds. The highest BCUT2D eigenvalue weighted by molar-refractivity contribution is 6.33.